The van der Waals surface area contributed by atoms with Crippen LogP contribution in [0.3, 0.4) is 0 Å². The number of carboxylic acid groups (broad SMARTS) is 1. The van der Waals surface area contributed by atoms with Crippen molar-refractivity contribution in [1.82, 2.24) is 9.88 Å². The number of hydrogen-bond acceptors (Lipinski definition) is 7. The highest BCUT2D eigenvalue weighted by molar-refractivity contribution is 6.06. The molecular formula is C34H40N2O7. The Bertz CT molecular complexity index is 1580. The van der Waals surface area contributed by atoms with E-state index in [-0.39, 0.29) is 47.9 Å². The average Bonchev–Trinajstić information content (AvgIpc) is 2.92. The van der Waals surface area contributed by atoms with E-state index < -0.39 is 11.9 Å². The Morgan fingerprint density at radius 3 is 2.47 bits per heavy atom. The molecule has 1 aromatic carbocycles. The summed E-state index contributed by atoms with van der Waals surface area (Å²) in [6, 6.07) is 6.93. The predicted octanol–water partition coefficient (Wildman–Crippen LogP) is 5.33. The van der Waals surface area contributed by atoms with Crippen molar-refractivity contribution in [3.8, 4) is 17.0 Å². The minimum Gasteiger partial charge on any atom is -0.496 e. The summed E-state index contributed by atoms with van der Waals surface area (Å²) < 4.78 is 12.4. The third kappa shape index (κ3) is 5.24. The lowest BCUT2D eigenvalue weighted by Gasteiger charge is -2.46. The second-order valence-electron chi connectivity index (χ2n) is 12.9. The van der Waals surface area contributed by atoms with Gasteiger partial charge in [-0.05, 0) is 54.5 Å². The number of ketones is 1. The number of aromatic nitrogens is 1. The Kier molecular flexibility index (Phi) is 7.98. The van der Waals surface area contributed by atoms with E-state index in [4.69, 9.17) is 9.47 Å². The van der Waals surface area contributed by atoms with Crippen molar-refractivity contribution < 1.29 is 34.1 Å². The number of allylic oxidation sites excluding steroid dienone is 2. The van der Waals surface area contributed by atoms with Gasteiger partial charge in [-0.25, -0.2) is 9.78 Å². The summed E-state index contributed by atoms with van der Waals surface area (Å²) in [5.41, 5.74) is 3.56. The van der Waals surface area contributed by atoms with Gasteiger partial charge < -0.3 is 24.6 Å². The van der Waals surface area contributed by atoms with Gasteiger partial charge in [0.15, 0.2) is 11.5 Å². The summed E-state index contributed by atoms with van der Waals surface area (Å²) in [4.78, 5) is 46.4. The second-order valence-corrected chi connectivity index (χ2v) is 12.9. The maximum absolute atomic E-state index is 14.4. The second kappa shape index (κ2) is 11.3. The van der Waals surface area contributed by atoms with Gasteiger partial charge >= 0.3 is 5.97 Å². The number of benzene rings is 1. The highest BCUT2D eigenvalue weighted by atomic mass is 16.5. The number of aromatic carboxylic acids is 1. The quantitative estimate of drug-likeness (QED) is 0.444. The molecule has 0 unspecified atom stereocenters. The zero-order chi connectivity index (χ0) is 31.4. The number of Topliss-reactive ketones (excluding diaryl/α,β-unsaturated/α-hetero) is 1. The first-order valence-corrected chi connectivity index (χ1v) is 14.8. The molecule has 1 aliphatic carbocycles. The number of hydrogen-bond donors (Lipinski definition) is 2. The Morgan fingerprint density at radius 1 is 1.12 bits per heavy atom. The third-order valence-electron chi connectivity index (χ3n) is 8.96. The minimum atomic E-state index is -1.12. The molecule has 0 saturated heterocycles. The van der Waals surface area contributed by atoms with Crippen LogP contribution in [0.15, 0.2) is 46.9 Å². The number of β-amino-alcohol motifs (C(OH)–C–C–N with tert-alkyl or cyclic N) is 1. The van der Waals surface area contributed by atoms with Crippen LogP contribution in [-0.4, -0.2) is 64.1 Å². The van der Waals surface area contributed by atoms with Gasteiger partial charge in [0, 0.05) is 48.5 Å². The van der Waals surface area contributed by atoms with E-state index in [1.54, 1.807) is 37.1 Å². The van der Waals surface area contributed by atoms with Crippen LogP contribution in [0.25, 0.3) is 11.3 Å². The van der Waals surface area contributed by atoms with E-state index in [2.05, 4.69) is 4.98 Å². The molecule has 0 bridgehead atoms. The van der Waals surface area contributed by atoms with E-state index in [9.17, 15) is 24.6 Å². The van der Waals surface area contributed by atoms with Crippen molar-refractivity contribution >= 4 is 17.7 Å². The van der Waals surface area contributed by atoms with Crippen LogP contribution in [0.5, 0.6) is 5.75 Å². The fourth-order valence-electron chi connectivity index (χ4n) is 6.87. The highest BCUT2D eigenvalue weighted by Crippen LogP contribution is 2.54. The maximum Gasteiger partial charge on any atom is 0.354 e. The molecule has 2 atom stereocenters. The number of carbonyl (C=O) groups is 3. The van der Waals surface area contributed by atoms with Crippen LogP contribution < -0.4 is 4.74 Å². The maximum atomic E-state index is 14.4. The van der Waals surface area contributed by atoms with Gasteiger partial charge in [-0.1, -0.05) is 33.8 Å². The largest absolute Gasteiger partial charge is 0.496 e. The summed E-state index contributed by atoms with van der Waals surface area (Å²) in [5.74, 6) is -0.467. The van der Waals surface area contributed by atoms with Crippen molar-refractivity contribution in [2.45, 2.75) is 72.8 Å². The SMILES string of the molecule is COc1ccc(-c2ccc(C)c(C(=O)O)n2)c(C)c1[C@H]1C2=C(CC(C)(C)CC2=O)OC2=C1C(=O)N(CCO)[C@H](C(C)C)C2. The van der Waals surface area contributed by atoms with E-state index in [0.29, 0.717) is 70.1 Å². The van der Waals surface area contributed by atoms with Crippen LogP contribution in [0, 0.1) is 25.2 Å². The van der Waals surface area contributed by atoms with Gasteiger partial charge in [0.05, 0.1) is 30.9 Å². The average molecular weight is 589 g/mol. The van der Waals surface area contributed by atoms with Gasteiger partial charge in [-0.15, -0.1) is 0 Å². The molecule has 3 aliphatic rings. The number of rotatable bonds is 7. The molecule has 0 fully saturated rings. The number of nitrogens with zero attached hydrogens (tertiary/aromatic N) is 2. The summed E-state index contributed by atoms with van der Waals surface area (Å²) in [7, 11) is 1.55. The number of methoxy groups -OCH3 is 1. The number of aryl methyl sites for hydroxylation is 1. The summed E-state index contributed by atoms with van der Waals surface area (Å²) in [5, 5.41) is 19.6. The molecule has 43 heavy (non-hydrogen) atoms. The monoisotopic (exact) mass is 588 g/mol. The standard InChI is InChI=1S/C34H40N2O7/c1-17(2)22-14-25-29(32(39)36(22)12-13-37)30(28-23(38)15-34(5,6)16-26(28)43-25)27-19(4)20(9-11-24(27)42-7)21-10-8-18(3)31(35-21)33(40)41/h8-11,17,22,30,37H,12-16H2,1-7H3,(H,40,41)/t22-,30-/m0/s1. The highest BCUT2D eigenvalue weighted by Gasteiger charge is 2.50. The fraction of sp³-hybridized carbons (Fsp3) is 0.471. The van der Waals surface area contributed by atoms with Crippen LogP contribution in [0.2, 0.25) is 0 Å². The molecule has 2 aromatic rings. The molecule has 3 heterocycles. The Morgan fingerprint density at radius 2 is 1.84 bits per heavy atom. The first-order chi connectivity index (χ1) is 20.3. The van der Waals surface area contributed by atoms with Gasteiger partial charge in [-0.2, -0.15) is 0 Å². The molecule has 5 rings (SSSR count). The molecule has 2 N–H and O–H groups in total. The lowest BCUT2D eigenvalue weighted by Crippen LogP contribution is -2.51. The van der Waals surface area contributed by atoms with Crippen LogP contribution in [-0.2, 0) is 14.3 Å². The Labute approximate surface area is 252 Å². The molecule has 1 aromatic heterocycles. The Balaban J connectivity index is 1.79. The number of carboxylic acids is 1. The van der Waals surface area contributed by atoms with E-state index in [1.807, 2.05) is 40.7 Å². The van der Waals surface area contributed by atoms with Crippen molar-refractivity contribution in [1.29, 1.82) is 0 Å². The summed E-state index contributed by atoms with van der Waals surface area (Å²) in [6.45, 7) is 11.7. The van der Waals surface area contributed by atoms with Crippen molar-refractivity contribution in [3.63, 3.8) is 0 Å². The summed E-state index contributed by atoms with van der Waals surface area (Å²) >= 11 is 0. The molecule has 0 spiro atoms. The Hall–Kier alpha value is -3.98. The predicted molar refractivity (Wildman–Crippen MR) is 161 cm³/mol. The molecule has 2 aliphatic heterocycles. The van der Waals surface area contributed by atoms with Crippen LogP contribution >= 0.6 is 0 Å². The number of amides is 1. The molecule has 1 amide bonds. The molecule has 9 heteroatoms. The molecule has 0 saturated carbocycles. The lowest BCUT2D eigenvalue weighted by molar-refractivity contribution is -0.133. The number of aliphatic hydroxyl groups excluding tert-OH is 1. The molecular weight excluding hydrogens is 548 g/mol. The van der Waals surface area contributed by atoms with Crippen LogP contribution in [0.4, 0.5) is 0 Å². The minimum absolute atomic E-state index is 0.0400. The molecule has 0 radical (unpaired) electrons. The van der Waals surface area contributed by atoms with Gasteiger partial charge in [0.2, 0.25) is 0 Å². The number of aliphatic hydroxyl groups is 1. The number of carbonyl (C=O) groups excluding carboxylic acids is 2. The fourth-order valence-corrected chi connectivity index (χ4v) is 6.87. The normalized spacial score (nSPS) is 21.6. The summed E-state index contributed by atoms with van der Waals surface area (Å²) in [6.07, 6.45) is 1.31. The van der Waals surface area contributed by atoms with Crippen LogP contribution in [0.1, 0.15) is 80.1 Å². The third-order valence-corrected chi connectivity index (χ3v) is 8.96. The molecule has 9 nitrogen and oxygen atoms in total. The zero-order valence-corrected chi connectivity index (χ0v) is 25.9. The zero-order valence-electron chi connectivity index (χ0n) is 25.9. The topological polar surface area (TPSA) is 126 Å². The van der Waals surface area contributed by atoms with E-state index in [1.165, 1.54) is 0 Å². The molecule has 228 valence electrons. The number of ether oxygens (including phenoxy) is 2. The van der Waals surface area contributed by atoms with Gasteiger partial charge in [0.1, 0.15) is 17.3 Å². The van der Waals surface area contributed by atoms with Gasteiger partial charge in [-0.3, -0.25) is 9.59 Å². The lowest BCUT2D eigenvalue weighted by atomic mass is 9.67. The smallest absolute Gasteiger partial charge is 0.354 e. The van der Waals surface area contributed by atoms with Crippen molar-refractivity contribution in [2.24, 2.45) is 11.3 Å². The first kappa shape index (κ1) is 30.5. The van der Waals surface area contributed by atoms with Crippen molar-refractivity contribution in [3.05, 3.63) is 69.3 Å². The van der Waals surface area contributed by atoms with Gasteiger partial charge in [0.25, 0.3) is 5.91 Å². The van der Waals surface area contributed by atoms with Crippen molar-refractivity contribution in [2.75, 3.05) is 20.3 Å². The first-order valence-electron chi connectivity index (χ1n) is 14.8. The van der Waals surface area contributed by atoms with E-state index in [0.717, 1.165) is 5.56 Å². The van der Waals surface area contributed by atoms with E-state index >= 15 is 0 Å². The number of pyridine rings is 1.